The summed E-state index contributed by atoms with van der Waals surface area (Å²) in [7, 11) is 0. The maximum Gasteiger partial charge on any atom is 0.216 e. The molecule has 25 heavy (non-hydrogen) atoms. The largest absolute Gasteiger partial charge is 0.469 e. The first-order valence-corrected chi connectivity index (χ1v) is 8.09. The molecule has 0 aliphatic heterocycles. The molecule has 2 rings (SSSR count). The van der Waals surface area contributed by atoms with Gasteiger partial charge in [0.1, 0.15) is 18.1 Å². The van der Waals surface area contributed by atoms with E-state index in [-0.39, 0.29) is 29.4 Å². The highest BCUT2D eigenvalue weighted by molar-refractivity contribution is 14.0. The number of rotatable bonds is 7. The van der Waals surface area contributed by atoms with Gasteiger partial charge in [-0.1, -0.05) is 26.8 Å². The van der Waals surface area contributed by atoms with Gasteiger partial charge in [-0.2, -0.15) is 0 Å². The van der Waals surface area contributed by atoms with Gasteiger partial charge in [-0.3, -0.25) is 0 Å². The number of nitrogens with zero attached hydrogens (tertiary/aromatic N) is 2. The van der Waals surface area contributed by atoms with Crippen molar-refractivity contribution in [3.63, 3.8) is 0 Å². The summed E-state index contributed by atoms with van der Waals surface area (Å²) < 4.78 is 11.1. The van der Waals surface area contributed by atoms with Crippen LogP contribution in [0, 0.1) is 0 Å². The van der Waals surface area contributed by atoms with E-state index in [1.54, 1.807) is 18.5 Å². The van der Waals surface area contributed by atoms with Crippen molar-refractivity contribution >= 4 is 29.9 Å². The molecule has 0 aliphatic rings. The molecular weight excluding hydrogens is 431 g/mol. The second-order valence-corrected chi connectivity index (χ2v) is 6.46. The maximum absolute atomic E-state index is 5.76. The highest BCUT2D eigenvalue weighted by Gasteiger charge is 2.18. The molecule has 2 aromatic rings. The number of nitrogens with one attached hydrogen (secondary N) is 2. The molecule has 2 aromatic heterocycles. The van der Waals surface area contributed by atoms with E-state index < -0.39 is 0 Å². The Hall–Kier alpha value is -1.77. The SMILES string of the molecule is C=CCNC(=NCc1ncc(C(C)(C)C)o1)NCCc1ccco1.I. The second-order valence-electron chi connectivity index (χ2n) is 6.46. The van der Waals surface area contributed by atoms with Crippen LogP contribution in [0.2, 0.25) is 0 Å². The van der Waals surface area contributed by atoms with Crippen LogP contribution in [0.5, 0.6) is 0 Å². The Morgan fingerprint density at radius 2 is 2.16 bits per heavy atom. The number of aliphatic imine (C=N–C) groups is 1. The summed E-state index contributed by atoms with van der Waals surface area (Å²) in [5.74, 6) is 3.09. The van der Waals surface area contributed by atoms with E-state index in [4.69, 9.17) is 8.83 Å². The molecule has 0 fully saturated rings. The van der Waals surface area contributed by atoms with Crippen molar-refractivity contribution in [1.82, 2.24) is 15.6 Å². The van der Waals surface area contributed by atoms with Gasteiger partial charge in [0.25, 0.3) is 0 Å². The topological polar surface area (TPSA) is 75.6 Å². The van der Waals surface area contributed by atoms with Crippen molar-refractivity contribution in [1.29, 1.82) is 0 Å². The van der Waals surface area contributed by atoms with Crippen LogP contribution in [-0.4, -0.2) is 24.0 Å². The van der Waals surface area contributed by atoms with Gasteiger partial charge in [-0.15, -0.1) is 30.6 Å². The molecule has 2 heterocycles. The van der Waals surface area contributed by atoms with Crippen LogP contribution in [0.1, 0.15) is 38.2 Å². The number of oxazole rings is 1. The normalized spacial score (nSPS) is 11.7. The van der Waals surface area contributed by atoms with E-state index >= 15 is 0 Å². The zero-order valence-electron chi connectivity index (χ0n) is 15.0. The summed E-state index contributed by atoms with van der Waals surface area (Å²) >= 11 is 0. The third-order valence-corrected chi connectivity index (χ3v) is 3.32. The fraction of sp³-hybridized carbons (Fsp3) is 0.444. The molecular formula is C18H27IN4O2. The number of guanidine groups is 1. The van der Waals surface area contributed by atoms with Crippen molar-refractivity contribution in [2.24, 2.45) is 4.99 Å². The molecule has 0 radical (unpaired) electrons. The fourth-order valence-electron chi connectivity index (χ4n) is 1.98. The van der Waals surface area contributed by atoms with Crippen molar-refractivity contribution in [3.05, 3.63) is 54.7 Å². The smallest absolute Gasteiger partial charge is 0.216 e. The van der Waals surface area contributed by atoms with Gasteiger partial charge in [-0.25, -0.2) is 9.98 Å². The summed E-state index contributed by atoms with van der Waals surface area (Å²) in [6.07, 6.45) is 6.02. The number of hydrogen-bond donors (Lipinski definition) is 2. The van der Waals surface area contributed by atoms with Crippen LogP contribution < -0.4 is 10.6 Å². The molecule has 0 spiro atoms. The lowest BCUT2D eigenvalue weighted by atomic mass is 9.94. The Morgan fingerprint density at radius 1 is 1.36 bits per heavy atom. The summed E-state index contributed by atoms with van der Waals surface area (Å²) in [5, 5.41) is 6.44. The minimum atomic E-state index is -0.0554. The molecule has 6 nitrogen and oxygen atoms in total. The first-order chi connectivity index (χ1) is 11.5. The van der Waals surface area contributed by atoms with E-state index in [0.29, 0.717) is 24.9 Å². The summed E-state index contributed by atoms with van der Waals surface area (Å²) in [5.41, 5.74) is -0.0554. The van der Waals surface area contributed by atoms with Gasteiger partial charge in [0.2, 0.25) is 5.89 Å². The predicted molar refractivity (Wildman–Crippen MR) is 110 cm³/mol. The zero-order valence-corrected chi connectivity index (χ0v) is 17.4. The predicted octanol–water partition coefficient (Wildman–Crippen LogP) is 3.65. The Kier molecular flexibility index (Phi) is 8.74. The van der Waals surface area contributed by atoms with Gasteiger partial charge in [-0.05, 0) is 12.1 Å². The van der Waals surface area contributed by atoms with Gasteiger partial charge in [0.05, 0.1) is 12.5 Å². The van der Waals surface area contributed by atoms with Crippen LogP contribution in [0.15, 0.2) is 51.1 Å². The Morgan fingerprint density at radius 3 is 2.76 bits per heavy atom. The summed E-state index contributed by atoms with van der Waals surface area (Å²) in [4.78, 5) is 8.80. The van der Waals surface area contributed by atoms with Crippen LogP contribution in [0.25, 0.3) is 0 Å². The summed E-state index contributed by atoms with van der Waals surface area (Å²) in [6.45, 7) is 11.7. The highest BCUT2D eigenvalue weighted by atomic mass is 127. The molecule has 0 atom stereocenters. The van der Waals surface area contributed by atoms with Gasteiger partial charge < -0.3 is 19.5 Å². The summed E-state index contributed by atoms with van der Waals surface area (Å²) in [6, 6.07) is 3.84. The maximum atomic E-state index is 5.76. The van der Waals surface area contributed by atoms with Crippen molar-refractivity contribution in [2.45, 2.75) is 39.2 Å². The lowest BCUT2D eigenvalue weighted by Gasteiger charge is -2.13. The molecule has 0 aromatic carbocycles. The Bertz CT molecular complexity index is 657. The van der Waals surface area contributed by atoms with Crippen molar-refractivity contribution < 1.29 is 8.83 Å². The second kappa shape index (κ2) is 10.3. The Balaban J connectivity index is 0.00000312. The lowest BCUT2D eigenvalue weighted by Crippen LogP contribution is -2.38. The fourth-order valence-corrected chi connectivity index (χ4v) is 1.98. The van der Waals surface area contributed by atoms with Gasteiger partial charge in [0.15, 0.2) is 5.96 Å². The number of aromatic nitrogens is 1. The first-order valence-electron chi connectivity index (χ1n) is 8.09. The Labute approximate surface area is 166 Å². The molecule has 138 valence electrons. The van der Waals surface area contributed by atoms with Gasteiger partial charge in [0, 0.05) is 24.9 Å². The third kappa shape index (κ3) is 7.33. The van der Waals surface area contributed by atoms with E-state index in [1.807, 2.05) is 12.1 Å². The standard InChI is InChI=1S/C18H26N4O2.HI/c1-5-9-19-17(20-10-8-14-7-6-11-23-14)22-13-16-21-12-15(24-16)18(2,3)4;/h5-7,11-12H,1,8-10,13H2,2-4H3,(H2,19,20,22);1H. The van der Waals surface area contributed by atoms with Crippen molar-refractivity contribution in [3.8, 4) is 0 Å². The third-order valence-electron chi connectivity index (χ3n) is 3.32. The highest BCUT2D eigenvalue weighted by Crippen LogP contribution is 2.22. The lowest BCUT2D eigenvalue weighted by molar-refractivity contribution is 0.383. The number of furan rings is 1. The molecule has 0 aliphatic carbocycles. The van der Waals surface area contributed by atoms with Crippen LogP contribution >= 0.6 is 24.0 Å². The van der Waals surface area contributed by atoms with E-state index in [9.17, 15) is 0 Å². The number of hydrogen-bond acceptors (Lipinski definition) is 4. The first kappa shape index (κ1) is 21.3. The molecule has 0 saturated carbocycles. The van der Waals surface area contributed by atoms with E-state index in [2.05, 4.69) is 48.0 Å². The monoisotopic (exact) mass is 458 g/mol. The van der Waals surface area contributed by atoms with Crippen LogP contribution in [-0.2, 0) is 18.4 Å². The van der Waals surface area contributed by atoms with Crippen LogP contribution in [0.3, 0.4) is 0 Å². The van der Waals surface area contributed by atoms with Crippen molar-refractivity contribution in [2.75, 3.05) is 13.1 Å². The quantitative estimate of drug-likeness (QED) is 0.287. The van der Waals surface area contributed by atoms with Gasteiger partial charge >= 0.3 is 0 Å². The molecule has 0 unspecified atom stereocenters. The average Bonchev–Trinajstić information content (AvgIpc) is 3.20. The molecule has 0 saturated heterocycles. The molecule has 2 N–H and O–H groups in total. The van der Waals surface area contributed by atoms with Crippen LogP contribution in [0.4, 0.5) is 0 Å². The number of halogens is 1. The molecule has 7 heteroatoms. The zero-order chi connectivity index (χ0) is 17.4. The minimum absolute atomic E-state index is 0. The average molecular weight is 458 g/mol. The molecule has 0 bridgehead atoms. The van der Waals surface area contributed by atoms with E-state index in [0.717, 1.165) is 24.5 Å². The molecule has 0 amide bonds. The minimum Gasteiger partial charge on any atom is -0.469 e. The van der Waals surface area contributed by atoms with E-state index in [1.165, 1.54) is 0 Å².